The first kappa shape index (κ1) is 26.2. The van der Waals surface area contributed by atoms with Crippen LogP contribution in [0.5, 0.6) is 0 Å². The van der Waals surface area contributed by atoms with Crippen molar-refractivity contribution in [2.24, 2.45) is 0 Å². The summed E-state index contributed by atoms with van der Waals surface area (Å²) in [6.45, 7) is 2.72. The first-order chi connectivity index (χ1) is 19.5. The van der Waals surface area contributed by atoms with Crippen LogP contribution in [0.3, 0.4) is 0 Å². The Hall–Kier alpha value is -3.99. The van der Waals surface area contributed by atoms with E-state index in [4.69, 9.17) is 9.47 Å². The second-order valence-electron chi connectivity index (χ2n) is 10.00. The van der Waals surface area contributed by atoms with Crippen LogP contribution in [-0.4, -0.2) is 68.0 Å². The van der Waals surface area contributed by atoms with Gasteiger partial charge in [0.25, 0.3) is 5.91 Å². The highest BCUT2D eigenvalue weighted by atomic mass is 19.1. The molecule has 4 aromatic rings. The van der Waals surface area contributed by atoms with Gasteiger partial charge in [0.1, 0.15) is 24.1 Å². The van der Waals surface area contributed by atoms with E-state index in [1.54, 1.807) is 18.5 Å². The number of hydrogen-bond acceptors (Lipinski definition) is 7. The number of piperidine rings is 1. The summed E-state index contributed by atoms with van der Waals surface area (Å²) in [7, 11) is 1.45. The largest absolute Gasteiger partial charge is 0.375 e. The summed E-state index contributed by atoms with van der Waals surface area (Å²) in [4.78, 5) is 23.5. The summed E-state index contributed by atoms with van der Waals surface area (Å²) in [6, 6.07) is 13.3. The van der Waals surface area contributed by atoms with Crippen LogP contribution in [0.2, 0.25) is 0 Å². The first-order valence-electron chi connectivity index (χ1n) is 13.2. The van der Waals surface area contributed by atoms with Crippen LogP contribution in [0.25, 0.3) is 33.2 Å². The van der Waals surface area contributed by atoms with Gasteiger partial charge in [-0.25, -0.2) is 13.8 Å². The number of amides is 1. The molecule has 2 saturated heterocycles. The lowest BCUT2D eigenvalue weighted by Crippen LogP contribution is -2.57. The maximum absolute atomic E-state index is 14.4. The lowest BCUT2D eigenvalue weighted by Gasteiger charge is -2.43. The number of rotatable bonds is 6. The minimum absolute atomic E-state index is 0.00748. The molecule has 8 nitrogen and oxygen atoms in total. The fraction of sp³-hybridized carbons (Fsp3) is 0.300. The number of carbonyl (C=O) groups is 1. The zero-order valence-electron chi connectivity index (χ0n) is 22.0. The number of fused-ring (bicyclic) bond motifs is 2. The molecular weight excluding hydrogens is 516 g/mol. The van der Waals surface area contributed by atoms with Gasteiger partial charge in [0.05, 0.1) is 23.9 Å². The molecule has 0 aliphatic carbocycles. The summed E-state index contributed by atoms with van der Waals surface area (Å²) in [6.07, 6.45) is 4.15. The molecule has 2 atom stereocenters. The number of benzene rings is 2. The molecule has 10 heteroatoms. The predicted octanol–water partition coefficient (Wildman–Crippen LogP) is 4.39. The topological polar surface area (TPSA) is 88.6 Å². The standard InChI is InChI=1S/C30H29F2N5O3/c1-39-17-28(38)36-30-22(3-2-7-34-30)18-4-5-25-23(13-18)29(37-9-6-26-27(16-37)40-10-8-33-26)24(15-35-25)19-11-20(31)14-21(32)12-19/h2-5,7,11-15,26-27,33H,6,8-10,16-17H2,1H3,(H,34,36,38)/t26-,27?/m1/s1. The fourth-order valence-corrected chi connectivity index (χ4v) is 5.62. The van der Waals surface area contributed by atoms with Crippen LogP contribution in [0.15, 0.2) is 60.9 Å². The van der Waals surface area contributed by atoms with Crippen LogP contribution in [0.4, 0.5) is 20.3 Å². The Morgan fingerprint density at radius 3 is 2.80 bits per heavy atom. The Bertz CT molecular complexity index is 1550. The van der Waals surface area contributed by atoms with E-state index in [9.17, 15) is 13.6 Å². The molecule has 4 heterocycles. The normalized spacial score (nSPS) is 18.9. The van der Waals surface area contributed by atoms with Gasteiger partial charge in [0.2, 0.25) is 0 Å². The van der Waals surface area contributed by atoms with Gasteiger partial charge in [-0.3, -0.25) is 9.78 Å². The van der Waals surface area contributed by atoms with E-state index >= 15 is 0 Å². The van der Waals surface area contributed by atoms with Crippen molar-refractivity contribution in [1.29, 1.82) is 0 Å². The quantitative estimate of drug-likeness (QED) is 0.372. The van der Waals surface area contributed by atoms with Crippen LogP contribution in [-0.2, 0) is 14.3 Å². The predicted molar refractivity (Wildman–Crippen MR) is 149 cm³/mol. The van der Waals surface area contributed by atoms with Gasteiger partial charge in [-0.05, 0) is 53.9 Å². The molecule has 0 radical (unpaired) electrons. The van der Waals surface area contributed by atoms with Crippen molar-refractivity contribution in [2.75, 3.05) is 50.2 Å². The number of carbonyl (C=O) groups excluding carboxylic acids is 1. The zero-order chi connectivity index (χ0) is 27.6. The molecule has 2 fully saturated rings. The maximum Gasteiger partial charge on any atom is 0.251 e. The lowest BCUT2D eigenvalue weighted by molar-refractivity contribution is -0.119. The van der Waals surface area contributed by atoms with Crippen molar-refractivity contribution in [3.05, 3.63) is 72.6 Å². The third-order valence-corrected chi connectivity index (χ3v) is 7.38. The van der Waals surface area contributed by atoms with E-state index in [-0.39, 0.29) is 24.7 Å². The van der Waals surface area contributed by atoms with Gasteiger partial charge in [0, 0.05) is 67.8 Å². The number of halogens is 2. The zero-order valence-corrected chi connectivity index (χ0v) is 22.0. The highest BCUT2D eigenvalue weighted by Crippen LogP contribution is 2.40. The highest BCUT2D eigenvalue weighted by molar-refractivity contribution is 6.03. The molecule has 0 saturated carbocycles. The van der Waals surface area contributed by atoms with Gasteiger partial charge in [-0.2, -0.15) is 0 Å². The second-order valence-corrected chi connectivity index (χ2v) is 10.00. The van der Waals surface area contributed by atoms with E-state index < -0.39 is 11.6 Å². The summed E-state index contributed by atoms with van der Waals surface area (Å²) in [5, 5.41) is 7.17. The molecule has 2 N–H and O–H groups in total. The molecule has 0 spiro atoms. The molecule has 2 aliphatic heterocycles. The van der Waals surface area contributed by atoms with E-state index in [0.29, 0.717) is 30.1 Å². The molecule has 1 unspecified atom stereocenters. The molecule has 6 rings (SSSR count). The number of morpholine rings is 1. The Morgan fingerprint density at radius 1 is 1.12 bits per heavy atom. The van der Waals surface area contributed by atoms with Gasteiger partial charge >= 0.3 is 0 Å². The fourth-order valence-electron chi connectivity index (χ4n) is 5.62. The minimum Gasteiger partial charge on any atom is -0.375 e. The van der Waals surface area contributed by atoms with Crippen molar-refractivity contribution in [3.63, 3.8) is 0 Å². The van der Waals surface area contributed by atoms with Crippen LogP contribution < -0.4 is 15.5 Å². The third kappa shape index (κ3) is 5.25. The van der Waals surface area contributed by atoms with Gasteiger partial charge < -0.3 is 25.0 Å². The summed E-state index contributed by atoms with van der Waals surface area (Å²) in [5.74, 6) is -1.21. The molecule has 40 heavy (non-hydrogen) atoms. The SMILES string of the molecule is COCC(=O)Nc1ncccc1-c1ccc2ncc(-c3cc(F)cc(F)c3)c(N3CC[C@H]4NCCOC4C3)c2c1. The summed E-state index contributed by atoms with van der Waals surface area (Å²) in [5.41, 5.74) is 4.14. The number of aromatic nitrogens is 2. The molecule has 2 aliphatic rings. The Balaban J connectivity index is 1.50. The highest BCUT2D eigenvalue weighted by Gasteiger charge is 2.33. The maximum atomic E-state index is 14.4. The third-order valence-electron chi connectivity index (χ3n) is 7.38. The van der Waals surface area contributed by atoms with Crippen molar-refractivity contribution in [2.45, 2.75) is 18.6 Å². The lowest BCUT2D eigenvalue weighted by atomic mass is 9.94. The molecule has 2 aromatic heterocycles. The molecule has 206 valence electrons. The van der Waals surface area contributed by atoms with Gasteiger partial charge in [-0.15, -0.1) is 0 Å². The number of methoxy groups -OCH3 is 1. The van der Waals surface area contributed by atoms with Gasteiger partial charge in [0.15, 0.2) is 0 Å². The monoisotopic (exact) mass is 545 g/mol. The number of nitrogens with one attached hydrogen (secondary N) is 2. The molecule has 2 aromatic carbocycles. The number of ether oxygens (including phenoxy) is 2. The van der Waals surface area contributed by atoms with Crippen molar-refractivity contribution in [1.82, 2.24) is 15.3 Å². The summed E-state index contributed by atoms with van der Waals surface area (Å²) < 4.78 is 39.8. The van der Waals surface area contributed by atoms with Crippen molar-refractivity contribution in [3.8, 4) is 22.3 Å². The Kier molecular flexibility index (Phi) is 7.38. The van der Waals surface area contributed by atoms with Crippen LogP contribution in [0.1, 0.15) is 6.42 Å². The smallest absolute Gasteiger partial charge is 0.251 e. The molecule has 0 bridgehead atoms. The Morgan fingerprint density at radius 2 is 1.98 bits per heavy atom. The molecular formula is C30H29F2N5O3. The average molecular weight is 546 g/mol. The molecule has 1 amide bonds. The van der Waals surface area contributed by atoms with Crippen molar-refractivity contribution >= 4 is 28.3 Å². The average Bonchev–Trinajstić information content (AvgIpc) is 2.96. The first-order valence-corrected chi connectivity index (χ1v) is 13.2. The van der Waals surface area contributed by atoms with Crippen LogP contribution >= 0.6 is 0 Å². The van der Waals surface area contributed by atoms with E-state index in [2.05, 4.69) is 25.5 Å². The van der Waals surface area contributed by atoms with Crippen LogP contribution in [0, 0.1) is 11.6 Å². The number of pyridine rings is 2. The van der Waals surface area contributed by atoms with Gasteiger partial charge in [-0.1, -0.05) is 6.07 Å². The van der Waals surface area contributed by atoms with Crippen molar-refractivity contribution < 1.29 is 23.0 Å². The Labute approximate surface area is 230 Å². The number of hydrogen-bond donors (Lipinski definition) is 2. The number of anilines is 2. The summed E-state index contributed by atoms with van der Waals surface area (Å²) >= 11 is 0. The van der Waals surface area contributed by atoms with E-state index in [1.165, 1.54) is 19.2 Å². The number of nitrogens with zero attached hydrogens (tertiary/aromatic N) is 3. The van der Waals surface area contributed by atoms with E-state index in [0.717, 1.165) is 53.3 Å². The van der Waals surface area contributed by atoms with E-state index in [1.807, 2.05) is 24.3 Å². The second kappa shape index (κ2) is 11.2. The minimum atomic E-state index is -0.653.